The molecule has 218 valence electrons. The van der Waals surface area contributed by atoms with Crippen molar-refractivity contribution in [1.29, 1.82) is 0 Å². The lowest BCUT2D eigenvalue weighted by Crippen LogP contribution is -2.58. The molecule has 2 heterocycles. The van der Waals surface area contributed by atoms with E-state index in [0.717, 1.165) is 29.2 Å². The summed E-state index contributed by atoms with van der Waals surface area (Å²) in [6.07, 6.45) is 7.92. The highest BCUT2D eigenvalue weighted by molar-refractivity contribution is 6.91. The van der Waals surface area contributed by atoms with Gasteiger partial charge in [-0.1, -0.05) is 103 Å². The summed E-state index contributed by atoms with van der Waals surface area (Å²) in [5.41, 5.74) is 13.5. The van der Waals surface area contributed by atoms with Crippen LogP contribution in [-0.4, -0.2) is 6.71 Å². The molecule has 0 radical (unpaired) electrons. The van der Waals surface area contributed by atoms with Gasteiger partial charge in [0.25, 0.3) is 0 Å². The molecule has 0 spiro atoms. The van der Waals surface area contributed by atoms with E-state index < -0.39 is 0 Å². The van der Waals surface area contributed by atoms with E-state index in [1.54, 1.807) is 0 Å². The van der Waals surface area contributed by atoms with Gasteiger partial charge in [0.15, 0.2) is 0 Å². The first-order chi connectivity index (χ1) is 22.9. The molecule has 0 N–H and O–H groups in total. The smallest absolute Gasteiger partial charge is 0.226 e. The van der Waals surface area contributed by atoms with Crippen LogP contribution in [0.4, 0.5) is 45.5 Å². The fraction of sp³-hybridized carbons (Fsp3) is 0.0476. The molecule has 46 heavy (non-hydrogen) atoms. The Morgan fingerprint density at radius 3 is 1.67 bits per heavy atom. The minimum atomic E-state index is 0.230. The number of nitrogens with zero attached hydrogens (tertiary/aromatic N) is 3. The summed E-state index contributed by atoms with van der Waals surface area (Å²) >= 11 is 0. The molecule has 6 aromatic carbocycles. The number of benzene rings is 6. The molecule has 3 nitrogen and oxygen atoms in total. The van der Waals surface area contributed by atoms with E-state index in [9.17, 15) is 0 Å². The number of hydrogen-bond donors (Lipinski definition) is 0. The standard InChI is InChI=1S/C42H32BN3/c1-5-17-31(18-6-1)44(32-19-7-2-8-20-32)35-29-40-42-41(30-35)46(34-23-11-4-12-24-34)39-28-16-14-26-37(39)43(42)36-25-13-15-27-38(36)45(40)33-21-9-3-10-22-33/h1-25,27-30,37H,26H2. The third kappa shape index (κ3) is 4.22. The van der Waals surface area contributed by atoms with Crippen molar-refractivity contribution in [2.24, 2.45) is 0 Å². The zero-order chi connectivity index (χ0) is 30.5. The first kappa shape index (κ1) is 26.6. The molecule has 0 saturated carbocycles. The van der Waals surface area contributed by atoms with Gasteiger partial charge in [-0.25, -0.2) is 0 Å². The first-order valence-electron chi connectivity index (χ1n) is 16.1. The maximum absolute atomic E-state index is 2.53. The molecule has 0 bridgehead atoms. The van der Waals surface area contributed by atoms with Gasteiger partial charge in [-0.05, 0) is 96.0 Å². The summed E-state index contributed by atoms with van der Waals surface area (Å²) in [5.74, 6) is 0.320. The monoisotopic (exact) mass is 589 g/mol. The van der Waals surface area contributed by atoms with Gasteiger partial charge in [-0.2, -0.15) is 0 Å². The lowest BCUT2D eigenvalue weighted by atomic mass is 9.29. The lowest BCUT2D eigenvalue weighted by Gasteiger charge is -2.48. The zero-order valence-corrected chi connectivity index (χ0v) is 25.4. The summed E-state index contributed by atoms with van der Waals surface area (Å²) < 4.78 is 0. The molecule has 0 amide bonds. The Balaban J connectivity index is 1.40. The predicted molar refractivity (Wildman–Crippen MR) is 195 cm³/mol. The van der Waals surface area contributed by atoms with Crippen molar-refractivity contribution in [3.63, 3.8) is 0 Å². The number of allylic oxidation sites excluding steroid dienone is 4. The second-order valence-corrected chi connectivity index (χ2v) is 12.1. The van der Waals surface area contributed by atoms with Crippen LogP contribution in [0.25, 0.3) is 0 Å². The van der Waals surface area contributed by atoms with E-state index in [2.05, 4.69) is 191 Å². The fourth-order valence-electron chi connectivity index (χ4n) is 7.73. The minimum absolute atomic E-state index is 0.230. The van der Waals surface area contributed by atoms with Gasteiger partial charge in [0, 0.05) is 45.5 Å². The van der Waals surface area contributed by atoms with E-state index in [4.69, 9.17) is 0 Å². The number of hydrogen-bond acceptors (Lipinski definition) is 3. The molecule has 1 unspecified atom stereocenters. The SMILES string of the molecule is C1=CCC2B3c4ccccc4N(c4ccccc4)c4cc(N(c5ccccc5)c5ccccc5)cc(c43)N(c3ccccc3)C2=C1. The summed E-state index contributed by atoms with van der Waals surface area (Å²) in [7, 11) is 0. The Bertz CT molecular complexity index is 2050. The highest BCUT2D eigenvalue weighted by atomic mass is 15.2. The second kappa shape index (κ2) is 11.0. The average molecular weight is 590 g/mol. The van der Waals surface area contributed by atoms with Crippen molar-refractivity contribution in [1.82, 2.24) is 0 Å². The van der Waals surface area contributed by atoms with Gasteiger partial charge >= 0.3 is 0 Å². The predicted octanol–water partition coefficient (Wildman–Crippen LogP) is 9.91. The van der Waals surface area contributed by atoms with Crippen molar-refractivity contribution in [3.05, 3.63) is 182 Å². The van der Waals surface area contributed by atoms with Crippen LogP contribution in [0, 0.1) is 0 Å². The molecule has 1 aliphatic carbocycles. The zero-order valence-electron chi connectivity index (χ0n) is 25.4. The molecule has 4 heteroatoms. The highest BCUT2D eigenvalue weighted by Gasteiger charge is 2.47. The highest BCUT2D eigenvalue weighted by Crippen LogP contribution is 2.51. The minimum Gasteiger partial charge on any atom is -0.315 e. The van der Waals surface area contributed by atoms with Crippen LogP contribution in [0.2, 0.25) is 5.82 Å². The van der Waals surface area contributed by atoms with Crippen molar-refractivity contribution in [2.45, 2.75) is 12.2 Å². The Kier molecular flexibility index (Phi) is 6.38. The molecule has 3 aliphatic rings. The van der Waals surface area contributed by atoms with Crippen LogP contribution in [0.1, 0.15) is 6.42 Å². The quantitative estimate of drug-likeness (QED) is 0.185. The second-order valence-electron chi connectivity index (χ2n) is 12.1. The number of rotatable bonds is 5. The summed E-state index contributed by atoms with van der Waals surface area (Å²) in [4.78, 5) is 7.40. The Hall–Kier alpha value is -5.74. The van der Waals surface area contributed by atoms with Crippen LogP contribution in [0.15, 0.2) is 182 Å². The van der Waals surface area contributed by atoms with Crippen molar-refractivity contribution in [3.8, 4) is 0 Å². The van der Waals surface area contributed by atoms with Crippen LogP contribution in [0.3, 0.4) is 0 Å². The molecule has 0 aromatic heterocycles. The van der Waals surface area contributed by atoms with Crippen LogP contribution in [-0.2, 0) is 0 Å². The summed E-state index contributed by atoms with van der Waals surface area (Å²) in [6, 6.07) is 57.1. The van der Waals surface area contributed by atoms with Crippen molar-refractivity contribution in [2.75, 3.05) is 14.7 Å². The third-order valence-electron chi connectivity index (χ3n) is 9.58. The summed E-state index contributed by atoms with van der Waals surface area (Å²) in [5, 5.41) is 0. The Morgan fingerprint density at radius 1 is 0.522 bits per heavy atom. The van der Waals surface area contributed by atoms with Crippen molar-refractivity contribution >= 4 is 63.1 Å². The molecule has 1 atom stereocenters. The largest absolute Gasteiger partial charge is 0.315 e. The molecule has 9 rings (SSSR count). The number of anilines is 8. The number of para-hydroxylation sites is 5. The molecule has 6 aromatic rings. The lowest BCUT2D eigenvalue weighted by molar-refractivity contribution is 0.888. The van der Waals surface area contributed by atoms with Crippen molar-refractivity contribution < 1.29 is 0 Å². The van der Waals surface area contributed by atoms with Gasteiger partial charge < -0.3 is 14.7 Å². The first-order valence-corrected chi connectivity index (χ1v) is 16.1. The van der Waals surface area contributed by atoms with Gasteiger partial charge in [0.05, 0.1) is 5.69 Å². The molecular formula is C42H32BN3. The maximum atomic E-state index is 2.53. The van der Waals surface area contributed by atoms with Gasteiger partial charge in [-0.3, -0.25) is 0 Å². The number of fused-ring (bicyclic) bond motifs is 4. The fourth-order valence-corrected chi connectivity index (χ4v) is 7.73. The van der Waals surface area contributed by atoms with Crippen LogP contribution in [0.5, 0.6) is 0 Å². The topological polar surface area (TPSA) is 9.72 Å². The Morgan fingerprint density at radius 2 is 1.04 bits per heavy atom. The molecule has 2 aliphatic heterocycles. The maximum Gasteiger partial charge on any atom is 0.226 e. The normalized spacial score (nSPS) is 15.9. The third-order valence-corrected chi connectivity index (χ3v) is 9.58. The van der Waals surface area contributed by atoms with E-state index in [0.29, 0.717) is 5.82 Å². The van der Waals surface area contributed by atoms with E-state index in [1.807, 2.05) is 0 Å². The Labute approximate surface area is 271 Å². The van der Waals surface area contributed by atoms with E-state index >= 15 is 0 Å². The molecular weight excluding hydrogens is 557 g/mol. The van der Waals surface area contributed by atoms with Crippen LogP contribution >= 0.6 is 0 Å². The van der Waals surface area contributed by atoms with Gasteiger partial charge in [-0.15, -0.1) is 0 Å². The average Bonchev–Trinajstić information content (AvgIpc) is 3.13. The molecule has 0 fully saturated rings. The molecule has 0 saturated heterocycles. The van der Waals surface area contributed by atoms with Crippen LogP contribution < -0.4 is 25.6 Å². The van der Waals surface area contributed by atoms with E-state index in [1.165, 1.54) is 39.4 Å². The van der Waals surface area contributed by atoms with Gasteiger partial charge in [0.1, 0.15) is 0 Å². The van der Waals surface area contributed by atoms with Gasteiger partial charge in [0.2, 0.25) is 6.71 Å². The summed E-state index contributed by atoms with van der Waals surface area (Å²) in [6.45, 7) is 0.230. The van der Waals surface area contributed by atoms with E-state index in [-0.39, 0.29) is 6.71 Å².